The number of rotatable bonds is 9. The van der Waals surface area contributed by atoms with Crippen LogP contribution >= 0.6 is 0 Å². The molecule has 1 rings (SSSR count). The summed E-state index contributed by atoms with van der Waals surface area (Å²) in [5.74, 6) is 0.0594. The van der Waals surface area contributed by atoms with Gasteiger partial charge < -0.3 is 10.1 Å². The molecule has 0 amide bonds. The summed E-state index contributed by atoms with van der Waals surface area (Å²) in [6.45, 7) is 4.42. The molecule has 1 atom stereocenters. The summed E-state index contributed by atoms with van der Waals surface area (Å²) >= 11 is 0. The van der Waals surface area contributed by atoms with Gasteiger partial charge in [0.25, 0.3) is 0 Å². The molecule has 102 valence electrons. The molecule has 3 heteroatoms. The molecule has 0 aromatic heterocycles. The lowest BCUT2D eigenvalue weighted by atomic mass is 9.95. The van der Waals surface area contributed by atoms with Crippen LogP contribution in [0.1, 0.15) is 37.7 Å². The molecule has 1 N–H and O–H groups in total. The molecule has 2 nitrogen and oxygen atoms in total. The van der Waals surface area contributed by atoms with E-state index < -0.39 is 0 Å². The normalized spacial score (nSPS) is 12.6. The summed E-state index contributed by atoms with van der Waals surface area (Å²) in [6.07, 6.45) is 3.09. The molecule has 0 aliphatic heterocycles. The largest absolute Gasteiger partial charge is 0.381 e. The molecule has 1 unspecified atom stereocenters. The number of unbranched alkanes of at least 4 members (excludes halogenated alkanes) is 1. The minimum Gasteiger partial charge on any atom is -0.381 e. The fourth-order valence-corrected chi connectivity index (χ4v) is 1.99. The van der Waals surface area contributed by atoms with Crippen LogP contribution in [0.3, 0.4) is 0 Å². The van der Waals surface area contributed by atoms with E-state index >= 15 is 0 Å². The predicted octanol–water partition coefficient (Wildman–Crippen LogP) is 3.34. The van der Waals surface area contributed by atoms with E-state index in [1.54, 1.807) is 6.07 Å². The van der Waals surface area contributed by atoms with Gasteiger partial charge in [0.1, 0.15) is 5.82 Å². The fraction of sp³-hybridized carbons (Fsp3) is 0.600. The van der Waals surface area contributed by atoms with Gasteiger partial charge in [-0.3, -0.25) is 0 Å². The van der Waals surface area contributed by atoms with E-state index in [0.29, 0.717) is 6.61 Å². The zero-order chi connectivity index (χ0) is 13.2. The summed E-state index contributed by atoms with van der Waals surface area (Å²) in [7, 11) is 1.89. The van der Waals surface area contributed by atoms with Crippen LogP contribution in [-0.2, 0) is 4.74 Å². The van der Waals surface area contributed by atoms with Crippen molar-refractivity contribution in [3.05, 3.63) is 35.6 Å². The van der Waals surface area contributed by atoms with Crippen molar-refractivity contribution in [2.75, 3.05) is 26.8 Å². The van der Waals surface area contributed by atoms with Crippen molar-refractivity contribution in [1.29, 1.82) is 0 Å². The lowest BCUT2D eigenvalue weighted by Crippen LogP contribution is -2.19. The summed E-state index contributed by atoms with van der Waals surface area (Å²) in [4.78, 5) is 0. The zero-order valence-corrected chi connectivity index (χ0v) is 11.4. The molecule has 0 fully saturated rings. The molecule has 1 aromatic rings. The first-order valence-electron chi connectivity index (χ1n) is 6.76. The third-order valence-corrected chi connectivity index (χ3v) is 3.05. The van der Waals surface area contributed by atoms with Crippen LogP contribution in [0.25, 0.3) is 0 Å². The van der Waals surface area contributed by atoms with Crippen LogP contribution in [-0.4, -0.2) is 26.8 Å². The minimum absolute atomic E-state index is 0.119. The monoisotopic (exact) mass is 253 g/mol. The second kappa shape index (κ2) is 9.06. The SMILES string of the molecule is CCCCOCCC(CNC)c1ccccc1F. The zero-order valence-electron chi connectivity index (χ0n) is 11.4. The molecular weight excluding hydrogens is 229 g/mol. The first-order chi connectivity index (χ1) is 8.79. The Kier molecular flexibility index (Phi) is 7.62. The molecule has 0 bridgehead atoms. The number of hydrogen-bond donors (Lipinski definition) is 1. The maximum Gasteiger partial charge on any atom is 0.126 e. The number of hydrogen-bond acceptors (Lipinski definition) is 2. The van der Waals surface area contributed by atoms with Gasteiger partial charge in [0.2, 0.25) is 0 Å². The number of halogens is 1. The van der Waals surface area contributed by atoms with Gasteiger partial charge in [0, 0.05) is 25.7 Å². The summed E-state index contributed by atoms with van der Waals surface area (Å²) < 4.78 is 19.3. The lowest BCUT2D eigenvalue weighted by Gasteiger charge is -2.17. The Hall–Kier alpha value is -0.930. The van der Waals surface area contributed by atoms with Crippen molar-refractivity contribution in [1.82, 2.24) is 5.32 Å². The number of likely N-dealkylation sites (N-methyl/N-ethyl adjacent to an activating group) is 1. The van der Waals surface area contributed by atoms with Gasteiger partial charge in [-0.25, -0.2) is 4.39 Å². The number of benzene rings is 1. The van der Waals surface area contributed by atoms with Crippen LogP contribution in [0.15, 0.2) is 24.3 Å². The number of ether oxygens (including phenoxy) is 1. The smallest absolute Gasteiger partial charge is 0.126 e. The maximum atomic E-state index is 13.7. The lowest BCUT2D eigenvalue weighted by molar-refractivity contribution is 0.123. The van der Waals surface area contributed by atoms with Crippen LogP contribution < -0.4 is 5.32 Å². The highest BCUT2D eigenvalue weighted by Gasteiger charge is 2.14. The van der Waals surface area contributed by atoms with Crippen LogP contribution in [0.2, 0.25) is 0 Å². The van der Waals surface area contributed by atoms with Crippen LogP contribution in [0.5, 0.6) is 0 Å². The molecule has 0 radical (unpaired) electrons. The molecule has 0 aliphatic carbocycles. The van der Waals surface area contributed by atoms with E-state index in [2.05, 4.69) is 12.2 Å². The van der Waals surface area contributed by atoms with Crippen molar-refractivity contribution in [3.63, 3.8) is 0 Å². The molecule has 0 heterocycles. The molecule has 0 spiro atoms. The Morgan fingerprint density at radius 3 is 2.72 bits per heavy atom. The molecular formula is C15H24FNO. The van der Waals surface area contributed by atoms with Gasteiger partial charge in [-0.05, 0) is 31.5 Å². The van der Waals surface area contributed by atoms with Crippen molar-refractivity contribution < 1.29 is 9.13 Å². The van der Waals surface area contributed by atoms with E-state index in [4.69, 9.17) is 4.74 Å². The second-order valence-electron chi connectivity index (χ2n) is 4.53. The Bertz CT molecular complexity index is 330. The Balaban J connectivity index is 2.47. The third-order valence-electron chi connectivity index (χ3n) is 3.05. The van der Waals surface area contributed by atoms with E-state index in [-0.39, 0.29) is 11.7 Å². The topological polar surface area (TPSA) is 21.3 Å². The van der Waals surface area contributed by atoms with Gasteiger partial charge in [-0.1, -0.05) is 31.5 Å². The molecule has 0 aliphatic rings. The molecule has 18 heavy (non-hydrogen) atoms. The maximum absolute atomic E-state index is 13.7. The van der Waals surface area contributed by atoms with Crippen molar-refractivity contribution in [3.8, 4) is 0 Å². The highest BCUT2D eigenvalue weighted by Crippen LogP contribution is 2.21. The Labute approximate surface area is 110 Å². The Morgan fingerprint density at radius 2 is 2.06 bits per heavy atom. The van der Waals surface area contributed by atoms with E-state index in [1.165, 1.54) is 6.07 Å². The highest BCUT2D eigenvalue weighted by atomic mass is 19.1. The first kappa shape index (κ1) is 15.1. The van der Waals surface area contributed by atoms with Crippen molar-refractivity contribution in [2.24, 2.45) is 0 Å². The van der Waals surface area contributed by atoms with Crippen LogP contribution in [0.4, 0.5) is 4.39 Å². The van der Waals surface area contributed by atoms with E-state index in [9.17, 15) is 4.39 Å². The van der Waals surface area contributed by atoms with Gasteiger partial charge in [0.15, 0.2) is 0 Å². The number of nitrogens with one attached hydrogen (secondary N) is 1. The van der Waals surface area contributed by atoms with Crippen molar-refractivity contribution in [2.45, 2.75) is 32.1 Å². The van der Waals surface area contributed by atoms with Gasteiger partial charge in [-0.2, -0.15) is 0 Å². The average Bonchev–Trinajstić information content (AvgIpc) is 2.38. The molecule has 0 saturated heterocycles. The molecule has 1 aromatic carbocycles. The quantitative estimate of drug-likeness (QED) is 0.682. The van der Waals surface area contributed by atoms with Gasteiger partial charge in [-0.15, -0.1) is 0 Å². The van der Waals surface area contributed by atoms with Crippen LogP contribution in [0, 0.1) is 5.82 Å². The Morgan fingerprint density at radius 1 is 1.28 bits per heavy atom. The minimum atomic E-state index is -0.119. The standard InChI is InChI=1S/C15H24FNO/c1-3-4-10-18-11-9-13(12-17-2)14-7-5-6-8-15(14)16/h5-8,13,17H,3-4,9-12H2,1-2H3. The summed E-state index contributed by atoms with van der Waals surface area (Å²) in [5, 5.41) is 3.12. The second-order valence-corrected chi connectivity index (χ2v) is 4.53. The van der Waals surface area contributed by atoms with Gasteiger partial charge >= 0.3 is 0 Å². The highest BCUT2D eigenvalue weighted by molar-refractivity contribution is 5.22. The predicted molar refractivity (Wildman–Crippen MR) is 73.4 cm³/mol. The van der Waals surface area contributed by atoms with E-state index in [1.807, 2.05) is 19.2 Å². The first-order valence-corrected chi connectivity index (χ1v) is 6.76. The summed E-state index contributed by atoms with van der Waals surface area (Å²) in [6, 6.07) is 7.01. The molecule has 0 saturated carbocycles. The third kappa shape index (κ3) is 5.15. The fourth-order valence-electron chi connectivity index (χ4n) is 1.99. The van der Waals surface area contributed by atoms with Gasteiger partial charge in [0.05, 0.1) is 0 Å². The average molecular weight is 253 g/mol. The summed E-state index contributed by atoms with van der Waals surface area (Å²) in [5.41, 5.74) is 0.783. The van der Waals surface area contributed by atoms with E-state index in [0.717, 1.165) is 38.0 Å². The van der Waals surface area contributed by atoms with Crippen molar-refractivity contribution >= 4 is 0 Å².